The lowest BCUT2D eigenvalue weighted by Gasteiger charge is -2.26. The first-order chi connectivity index (χ1) is 16.9. The van der Waals surface area contributed by atoms with Gasteiger partial charge in [0.15, 0.2) is 0 Å². The van der Waals surface area contributed by atoms with E-state index >= 15 is 0 Å². The van der Waals surface area contributed by atoms with E-state index in [1.165, 1.54) is 11.3 Å². The van der Waals surface area contributed by atoms with Gasteiger partial charge in [-0.25, -0.2) is 4.98 Å². The first kappa shape index (κ1) is 24.9. The Morgan fingerprint density at radius 3 is 2.54 bits per heavy atom. The molecular formula is C27H31N3O4S. The minimum Gasteiger partial charge on any atom is -0.496 e. The maximum Gasteiger partial charge on any atom is 0.260 e. The molecule has 7 nitrogen and oxygen atoms in total. The Hall–Kier alpha value is -3.20. The summed E-state index contributed by atoms with van der Waals surface area (Å²) < 4.78 is 11.2. The van der Waals surface area contributed by atoms with E-state index in [9.17, 15) is 9.90 Å². The number of nitrogens with zero attached hydrogens (tertiary/aromatic N) is 2. The fourth-order valence-electron chi connectivity index (χ4n) is 4.13. The maximum absolute atomic E-state index is 13.1. The van der Waals surface area contributed by atoms with Crippen molar-refractivity contribution >= 4 is 21.6 Å². The molecule has 2 heterocycles. The number of H-pyrrole nitrogens is 1. The lowest BCUT2D eigenvalue weighted by Crippen LogP contribution is -2.38. The molecule has 35 heavy (non-hydrogen) atoms. The van der Waals surface area contributed by atoms with Crippen LogP contribution in [0.3, 0.4) is 0 Å². The van der Waals surface area contributed by atoms with Crippen LogP contribution in [0.2, 0.25) is 0 Å². The Kier molecular flexibility index (Phi) is 8.17. The Morgan fingerprint density at radius 1 is 1.06 bits per heavy atom. The van der Waals surface area contributed by atoms with Crippen molar-refractivity contribution in [1.82, 2.24) is 14.9 Å². The third kappa shape index (κ3) is 6.28. The van der Waals surface area contributed by atoms with Crippen LogP contribution in [0.5, 0.6) is 11.5 Å². The van der Waals surface area contributed by atoms with Gasteiger partial charge in [0, 0.05) is 29.6 Å². The number of aromatic nitrogens is 2. The molecule has 2 aromatic heterocycles. The van der Waals surface area contributed by atoms with Crippen LogP contribution >= 0.6 is 11.3 Å². The second kappa shape index (κ2) is 11.5. The van der Waals surface area contributed by atoms with Gasteiger partial charge in [0.25, 0.3) is 5.56 Å². The van der Waals surface area contributed by atoms with E-state index in [2.05, 4.69) is 23.7 Å². The number of aromatic amines is 1. The number of para-hydroxylation sites is 2. The van der Waals surface area contributed by atoms with Crippen LogP contribution in [-0.4, -0.2) is 52.9 Å². The number of fused-ring (bicyclic) bond motifs is 1. The predicted molar refractivity (Wildman–Crippen MR) is 140 cm³/mol. The minimum absolute atomic E-state index is 0.176. The number of hydrogen-bond donors (Lipinski definition) is 2. The van der Waals surface area contributed by atoms with Crippen LogP contribution in [0, 0.1) is 5.92 Å². The highest BCUT2D eigenvalue weighted by atomic mass is 32.1. The lowest BCUT2D eigenvalue weighted by atomic mass is 10.1. The number of aliphatic hydroxyl groups is 1. The Labute approximate surface area is 209 Å². The van der Waals surface area contributed by atoms with Crippen molar-refractivity contribution in [3.8, 4) is 22.6 Å². The number of hydrogen-bond acceptors (Lipinski definition) is 7. The molecule has 0 aliphatic carbocycles. The average molecular weight is 494 g/mol. The quantitative estimate of drug-likeness (QED) is 0.319. The topological polar surface area (TPSA) is 87.7 Å². The van der Waals surface area contributed by atoms with Crippen molar-refractivity contribution in [1.29, 1.82) is 0 Å². The molecule has 0 spiro atoms. The molecule has 2 aromatic carbocycles. The van der Waals surface area contributed by atoms with Gasteiger partial charge in [-0.15, -0.1) is 11.3 Å². The van der Waals surface area contributed by atoms with Gasteiger partial charge in [0.2, 0.25) is 0 Å². The summed E-state index contributed by atoms with van der Waals surface area (Å²) in [7, 11) is 1.62. The highest BCUT2D eigenvalue weighted by Gasteiger charge is 2.19. The fraction of sp³-hybridized carbons (Fsp3) is 0.333. The van der Waals surface area contributed by atoms with Gasteiger partial charge >= 0.3 is 0 Å². The molecule has 0 aliphatic rings. The molecule has 2 N–H and O–H groups in total. The molecule has 4 rings (SSSR count). The maximum atomic E-state index is 13.1. The molecule has 0 radical (unpaired) electrons. The zero-order valence-corrected chi connectivity index (χ0v) is 21.0. The van der Waals surface area contributed by atoms with Crippen molar-refractivity contribution in [2.24, 2.45) is 5.92 Å². The monoisotopic (exact) mass is 493 g/mol. The zero-order valence-electron chi connectivity index (χ0n) is 20.2. The number of methoxy groups -OCH3 is 1. The summed E-state index contributed by atoms with van der Waals surface area (Å²) in [5.41, 5.74) is 1.50. The Bertz CT molecular complexity index is 1300. The van der Waals surface area contributed by atoms with E-state index in [0.717, 1.165) is 23.4 Å². The van der Waals surface area contributed by atoms with Crippen LogP contribution in [0.4, 0.5) is 0 Å². The summed E-state index contributed by atoms with van der Waals surface area (Å²) in [6.07, 6.45) is -0.678. The number of ether oxygens (including phenoxy) is 2. The summed E-state index contributed by atoms with van der Waals surface area (Å²) >= 11 is 1.44. The van der Waals surface area contributed by atoms with Gasteiger partial charge in [-0.1, -0.05) is 50.2 Å². The lowest BCUT2D eigenvalue weighted by molar-refractivity contribution is 0.0606. The average Bonchev–Trinajstić information content (AvgIpc) is 3.27. The molecule has 184 valence electrons. The summed E-state index contributed by atoms with van der Waals surface area (Å²) in [6.45, 7) is 6.02. The normalized spacial score (nSPS) is 12.4. The first-order valence-electron chi connectivity index (χ1n) is 11.7. The molecule has 0 fully saturated rings. The number of nitrogens with one attached hydrogen (secondary N) is 1. The van der Waals surface area contributed by atoms with E-state index in [4.69, 9.17) is 14.5 Å². The molecule has 0 aliphatic heterocycles. The van der Waals surface area contributed by atoms with Crippen LogP contribution in [0.1, 0.15) is 19.7 Å². The minimum atomic E-state index is -0.678. The molecular weight excluding hydrogens is 462 g/mol. The summed E-state index contributed by atoms with van der Waals surface area (Å²) in [5.74, 6) is 2.40. The van der Waals surface area contributed by atoms with Crippen LogP contribution in [0.15, 0.2) is 64.8 Å². The second-order valence-corrected chi connectivity index (χ2v) is 9.77. The largest absolute Gasteiger partial charge is 0.496 e. The van der Waals surface area contributed by atoms with Crippen molar-refractivity contribution < 1.29 is 14.6 Å². The first-order valence-corrected chi connectivity index (χ1v) is 12.5. The van der Waals surface area contributed by atoms with Gasteiger partial charge < -0.3 is 19.6 Å². The van der Waals surface area contributed by atoms with Crippen molar-refractivity contribution in [3.63, 3.8) is 0 Å². The second-order valence-electron chi connectivity index (χ2n) is 8.91. The number of benzene rings is 2. The molecule has 1 atom stereocenters. The van der Waals surface area contributed by atoms with Gasteiger partial charge in [-0.2, -0.15) is 0 Å². The van der Waals surface area contributed by atoms with Crippen LogP contribution in [0.25, 0.3) is 21.3 Å². The third-order valence-electron chi connectivity index (χ3n) is 5.54. The van der Waals surface area contributed by atoms with E-state index in [1.54, 1.807) is 7.11 Å². The highest BCUT2D eigenvalue weighted by Crippen LogP contribution is 2.36. The Balaban J connectivity index is 1.52. The van der Waals surface area contributed by atoms with E-state index in [0.29, 0.717) is 40.8 Å². The molecule has 8 heteroatoms. The van der Waals surface area contributed by atoms with E-state index in [1.807, 2.05) is 60.0 Å². The molecule has 4 aromatic rings. The Morgan fingerprint density at radius 2 is 1.80 bits per heavy atom. The van der Waals surface area contributed by atoms with Gasteiger partial charge in [-0.05, 0) is 24.1 Å². The zero-order chi connectivity index (χ0) is 24.8. The SMILES string of the molecule is COc1ccccc1-c1csc2nc(CN(CC(C)C)C[C@@H](O)COc3ccccc3)[nH]c(=O)c12. The summed E-state index contributed by atoms with van der Waals surface area (Å²) in [5, 5.41) is 13.1. The smallest absolute Gasteiger partial charge is 0.260 e. The predicted octanol–water partition coefficient (Wildman–Crippen LogP) is 4.56. The van der Waals surface area contributed by atoms with Gasteiger partial charge in [0.1, 0.15) is 34.9 Å². The molecule has 0 bridgehead atoms. The van der Waals surface area contributed by atoms with E-state index < -0.39 is 6.10 Å². The van der Waals surface area contributed by atoms with Crippen molar-refractivity contribution in [3.05, 3.63) is 76.2 Å². The van der Waals surface area contributed by atoms with E-state index in [-0.39, 0.29) is 12.2 Å². The fourth-order valence-corrected chi connectivity index (χ4v) is 5.08. The number of rotatable bonds is 11. The number of aliphatic hydroxyl groups excluding tert-OH is 1. The molecule has 0 amide bonds. The van der Waals surface area contributed by atoms with Crippen LogP contribution < -0.4 is 15.0 Å². The molecule has 0 unspecified atom stereocenters. The highest BCUT2D eigenvalue weighted by molar-refractivity contribution is 7.17. The van der Waals surface area contributed by atoms with Crippen LogP contribution in [-0.2, 0) is 6.54 Å². The van der Waals surface area contributed by atoms with Gasteiger partial charge in [0.05, 0.1) is 19.0 Å². The van der Waals surface area contributed by atoms with Crippen molar-refractivity contribution in [2.45, 2.75) is 26.5 Å². The summed E-state index contributed by atoms with van der Waals surface area (Å²) in [6, 6.07) is 17.1. The standard InChI is InChI=1S/C27H31N3O4S/c1-18(2)13-30(14-19(31)16-34-20-9-5-4-6-10-20)15-24-28-26(32)25-22(17-35-27(25)29-24)21-11-7-8-12-23(21)33-3/h4-12,17-19,31H,13-16H2,1-3H3,(H,28,29,32)/t19-/m1/s1. The summed E-state index contributed by atoms with van der Waals surface area (Å²) in [4.78, 5) is 23.6. The van der Waals surface area contributed by atoms with Crippen molar-refractivity contribution in [2.75, 3.05) is 26.8 Å². The van der Waals surface area contributed by atoms with Gasteiger partial charge in [-0.3, -0.25) is 9.69 Å². The molecule has 0 saturated carbocycles. The number of thiophene rings is 1. The third-order valence-corrected chi connectivity index (χ3v) is 6.41. The molecule has 0 saturated heterocycles.